The van der Waals surface area contributed by atoms with Crippen LogP contribution >= 0.6 is 11.8 Å². The van der Waals surface area contributed by atoms with Crippen LogP contribution in [0.5, 0.6) is 11.5 Å². The van der Waals surface area contributed by atoms with Crippen molar-refractivity contribution in [1.29, 1.82) is 5.41 Å². The summed E-state index contributed by atoms with van der Waals surface area (Å²) in [5, 5.41) is 15.7. The van der Waals surface area contributed by atoms with E-state index in [2.05, 4.69) is 17.0 Å². The number of fused-ring (bicyclic) bond motifs is 1. The Kier molecular flexibility index (Phi) is 7.24. The molecule has 8 heteroatoms. The zero-order chi connectivity index (χ0) is 23.2. The first-order valence-corrected chi connectivity index (χ1v) is 11.8. The van der Waals surface area contributed by atoms with Crippen molar-refractivity contribution in [3.63, 3.8) is 0 Å². The molecule has 0 radical (unpaired) electrons. The minimum absolute atomic E-state index is 0.0534. The molecule has 170 valence electrons. The molecule has 0 spiro atoms. The summed E-state index contributed by atoms with van der Waals surface area (Å²) in [6.45, 7) is 4.98. The van der Waals surface area contributed by atoms with Crippen LogP contribution in [0.3, 0.4) is 0 Å². The Morgan fingerprint density at radius 1 is 1.09 bits per heavy atom. The summed E-state index contributed by atoms with van der Waals surface area (Å²) in [5.74, 6) is 1.20. The fourth-order valence-corrected chi connectivity index (χ4v) is 4.24. The molecule has 2 aromatic rings. The highest BCUT2D eigenvalue weighted by Crippen LogP contribution is 2.30. The van der Waals surface area contributed by atoms with Gasteiger partial charge in [0.1, 0.15) is 29.8 Å². The predicted octanol–water partition coefficient (Wildman–Crippen LogP) is 5.26. The molecule has 0 saturated heterocycles. The van der Waals surface area contributed by atoms with E-state index >= 15 is 0 Å². The number of hydrogen-bond acceptors (Lipinski definition) is 6. The van der Waals surface area contributed by atoms with E-state index in [1.807, 2.05) is 55.5 Å². The number of hydrazone groups is 1. The molecule has 7 nitrogen and oxygen atoms in total. The van der Waals surface area contributed by atoms with Crippen molar-refractivity contribution in [1.82, 2.24) is 5.01 Å². The maximum Gasteiger partial charge on any atom is 0.283 e. The fourth-order valence-electron chi connectivity index (χ4n) is 3.32. The van der Waals surface area contributed by atoms with E-state index in [1.165, 1.54) is 16.8 Å². The number of carbonyl (C=O) groups excluding carboxylic acids is 1. The van der Waals surface area contributed by atoms with Gasteiger partial charge in [-0.15, -0.1) is 0 Å². The van der Waals surface area contributed by atoms with Gasteiger partial charge in [0.25, 0.3) is 5.91 Å². The summed E-state index contributed by atoms with van der Waals surface area (Å²) in [6.07, 6.45) is 4.57. The van der Waals surface area contributed by atoms with Gasteiger partial charge in [0, 0.05) is 0 Å². The van der Waals surface area contributed by atoms with Crippen LogP contribution < -0.4 is 9.47 Å². The molecule has 0 unspecified atom stereocenters. The molecule has 0 atom stereocenters. The lowest BCUT2D eigenvalue weighted by Crippen LogP contribution is -2.35. The molecular weight excluding hydrogens is 436 g/mol. The second-order valence-corrected chi connectivity index (χ2v) is 8.69. The van der Waals surface area contributed by atoms with Gasteiger partial charge < -0.3 is 9.47 Å². The van der Waals surface area contributed by atoms with Gasteiger partial charge in [-0.3, -0.25) is 10.2 Å². The molecule has 4 rings (SSSR count). The van der Waals surface area contributed by atoms with Gasteiger partial charge in [0.05, 0.1) is 5.57 Å². The summed E-state index contributed by atoms with van der Waals surface area (Å²) in [6, 6.07) is 15.2. The smallest absolute Gasteiger partial charge is 0.283 e. The summed E-state index contributed by atoms with van der Waals surface area (Å²) in [5.41, 5.74) is 2.09. The van der Waals surface area contributed by atoms with Crippen molar-refractivity contribution in [3.05, 3.63) is 65.2 Å². The van der Waals surface area contributed by atoms with Gasteiger partial charge in [-0.2, -0.15) is 15.1 Å². The number of unbranched alkanes of at least 4 members (excludes halogenated alkanes) is 1. The van der Waals surface area contributed by atoms with E-state index < -0.39 is 5.91 Å². The second-order valence-electron chi connectivity index (χ2n) is 7.65. The van der Waals surface area contributed by atoms with Crippen LogP contribution in [0.15, 0.2) is 64.2 Å². The molecular formula is C25H26N4O3S. The van der Waals surface area contributed by atoms with Crippen LogP contribution in [0.1, 0.15) is 37.3 Å². The Hall–Kier alpha value is -3.39. The number of thioether (sulfide) groups is 1. The number of amides is 1. The van der Waals surface area contributed by atoms with E-state index in [9.17, 15) is 4.79 Å². The first kappa shape index (κ1) is 22.8. The quantitative estimate of drug-likeness (QED) is 0.406. The summed E-state index contributed by atoms with van der Waals surface area (Å²) < 4.78 is 11.5. The SMILES string of the molecule is CCCCC1=NN2C(=N)/C(=C/c3ccc(OCCOc4ccccc4C)cc3)C(=O)N=C2S1. The number of aryl methyl sites for hydroxylation is 1. The molecule has 1 N–H and O–H groups in total. The first-order chi connectivity index (χ1) is 16.0. The number of carbonyl (C=O) groups is 1. The highest BCUT2D eigenvalue weighted by atomic mass is 32.2. The molecule has 2 heterocycles. The van der Waals surface area contributed by atoms with Crippen molar-refractivity contribution in [3.8, 4) is 11.5 Å². The lowest BCUT2D eigenvalue weighted by molar-refractivity contribution is -0.114. The molecule has 2 aliphatic rings. The number of hydrogen-bond donors (Lipinski definition) is 1. The van der Waals surface area contributed by atoms with Gasteiger partial charge in [-0.1, -0.05) is 43.7 Å². The number of aliphatic imine (C=N–C) groups is 1. The predicted molar refractivity (Wildman–Crippen MR) is 133 cm³/mol. The number of nitrogens with one attached hydrogen (secondary N) is 1. The van der Waals surface area contributed by atoms with Crippen LogP contribution in [0, 0.1) is 12.3 Å². The van der Waals surface area contributed by atoms with E-state index in [-0.39, 0.29) is 11.4 Å². The Balaban J connectivity index is 1.35. The zero-order valence-corrected chi connectivity index (χ0v) is 19.5. The Bertz CT molecular complexity index is 1140. The van der Waals surface area contributed by atoms with E-state index in [1.54, 1.807) is 6.08 Å². The fraction of sp³-hybridized carbons (Fsp3) is 0.280. The number of para-hydroxylation sites is 1. The number of benzene rings is 2. The maximum atomic E-state index is 12.5. The van der Waals surface area contributed by atoms with Crippen molar-refractivity contribution in [2.75, 3.05) is 13.2 Å². The van der Waals surface area contributed by atoms with Crippen molar-refractivity contribution in [2.45, 2.75) is 33.1 Å². The zero-order valence-electron chi connectivity index (χ0n) is 18.7. The number of amidine groups is 2. The van der Waals surface area contributed by atoms with Crippen LogP contribution in [-0.2, 0) is 4.79 Å². The highest BCUT2D eigenvalue weighted by Gasteiger charge is 2.35. The number of rotatable bonds is 9. The van der Waals surface area contributed by atoms with Crippen molar-refractivity contribution in [2.24, 2.45) is 10.1 Å². The summed E-state index contributed by atoms with van der Waals surface area (Å²) >= 11 is 1.37. The average molecular weight is 463 g/mol. The summed E-state index contributed by atoms with van der Waals surface area (Å²) in [7, 11) is 0. The average Bonchev–Trinajstić information content (AvgIpc) is 3.23. The van der Waals surface area contributed by atoms with Gasteiger partial charge >= 0.3 is 0 Å². The molecule has 0 aliphatic carbocycles. The van der Waals surface area contributed by atoms with E-state index in [0.29, 0.717) is 24.1 Å². The van der Waals surface area contributed by atoms with Crippen LogP contribution in [0.2, 0.25) is 0 Å². The third-order valence-electron chi connectivity index (χ3n) is 5.13. The van der Waals surface area contributed by atoms with Gasteiger partial charge in [-0.05, 0) is 66.9 Å². The Labute approximate surface area is 197 Å². The maximum absolute atomic E-state index is 12.5. The van der Waals surface area contributed by atoms with Crippen molar-refractivity contribution < 1.29 is 14.3 Å². The van der Waals surface area contributed by atoms with Crippen LogP contribution in [0.25, 0.3) is 6.08 Å². The summed E-state index contributed by atoms with van der Waals surface area (Å²) in [4.78, 5) is 16.7. The minimum atomic E-state index is -0.417. The van der Waals surface area contributed by atoms with E-state index in [0.717, 1.165) is 41.2 Å². The topological polar surface area (TPSA) is 87.3 Å². The van der Waals surface area contributed by atoms with Gasteiger partial charge in [-0.25, -0.2) is 0 Å². The Morgan fingerprint density at radius 3 is 2.61 bits per heavy atom. The molecule has 0 bridgehead atoms. The standard InChI is InChI=1S/C25H26N4O3S/c1-3-4-9-22-28-29-23(26)20(24(30)27-25(29)33-22)16-18-10-12-19(13-11-18)31-14-15-32-21-8-6-5-7-17(21)2/h5-8,10-13,16,26H,3-4,9,14-15H2,1-2H3/b20-16-,26-23?. The van der Waals surface area contributed by atoms with Crippen LogP contribution in [0.4, 0.5) is 0 Å². The van der Waals surface area contributed by atoms with Gasteiger partial charge in [0.15, 0.2) is 5.84 Å². The molecule has 0 saturated carbocycles. The molecule has 33 heavy (non-hydrogen) atoms. The van der Waals surface area contributed by atoms with Gasteiger partial charge in [0.2, 0.25) is 5.17 Å². The monoisotopic (exact) mass is 462 g/mol. The molecule has 0 fully saturated rings. The lowest BCUT2D eigenvalue weighted by atomic mass is 10.1. The molecule has 2 aromatic carbocycles. The second kappa shape index (κ2) is 10.5. The molecule has 1 amide bonds. The first-order valence-electron chi connectivity index (χ1n) is 11.0. The number of ether oxygens (including phenoxy) is 2. The minimum Gasteiger partial charge on any atom is -0.490 e. The number of nitrogens with zero attached hydrogens (tertiary/aromatic N) is 3. The third kappa shape index (κ3) is 5.51. The molecule has 0 aromatic heterocycles. The highest BCUT2D eigenvalue weighted by molar-refractivity contribution is 8.26. The Morgan fingerprint density at radius 2 is 1.85 bits per heavy atom. The third-order valence-corrected chi connectivity index (χ3v) is 6.10. The van der Waals surface area contributed by atoms with Crippen molar-refractivity contribution >= 4 is 39.8 Å². The molecule has 2 aliphatic heterocycles. The largest absolute Gasteiger partial charge is 0.490 e. The van der Waals surface area contributed by atoms with Crippen LogP contribution in [-0.4, -0.2) is 40.2 Å². The lowest BCUT2D eigenvalue weighted by Gasteiger charge is -2.20. The van der Waals surface area contributed by atoms with E-state index in [4.69, 9.17) is 14.9 Å². The normalized spacial score (nSPS) is 16.5.